The zero-order chi connectivity index (χ0) is 14.0. The van der Waals surface area contributed by atoms with Gasteiger partial charge in [-0.1, -0.05) is 29.8 Å². The molecule has 0 aliphatic rings. The molecule has 1 aromatic heterocycles. The van der Waals surface area contributed by atoms with Crippen LogP contribution >= 0.6 is 11.6 Å². The molecule has 102 valence electrons. The molecule has 0 amide bonds. The normalized spacial score (nSPS) is 12.5. The summed E-state index contributed by atoms with van der Waals surface area (Å²) in [4.78, 5) is 0. The van der Waals surface area contributed by atoms with Gasteiger partial charge in [-0.2, -0.15) is 5.10 Å². The molecule has 0 radical (unpaired) electrons. The highest BCUT2D eigenvalue weighted by atomic mass is 35.5. The van der Waals surface area contributed by atoms with Crippen molar-refractivity contribution in [1.82, 2.24) is 9.78 Å². The first kappa shape index (κ1) is 13.9. The van der Waals surface area contributed by atoms with E-state index in [1.165, 1.54) is 0 Å². The van der Waals surface area contributed by atoms with Crippen molar-refractivity contribution in [3.8, 4) is 5.75 Å². The van der Waals surface area contributed by atoms with Crippen molar-refractivity contribution in [2.45, 2.75) is 19.9 Å². The van der Waals surface area contributed by atoms with Crippen LogP contribution < -0.4 is 10.5 Å². The molecule has 2 aromatic rings. The highest BCUT2D eigenvalue weighted by molar-refractivity contribution is 6.31. The zero-order valence-electron chi connectivity index (χ0n) is 11.4. The molecule has 1 unspecified atom stereocenters. The van der Waals surface area contributed by atoms with Crippen LogP contribution in [0.1, 0.15) is 23.0 Å². The van der Waals surface area contributed by atoms with Gasteiger partial charge < -0.3 is 10.5 Å². The maximum Gasteiger partial charge on any atom is 0.124 e. The smallest absolute Gasteiger partial charge is 0.124 e. The Hall–Kier alpha value is -1.52. The lowest BCUT2D eigenvalue weighted by molar-refractivity contribution is 0.397. The molecule has 4 nitrogen and oxygen atoms in total. The number of aromatic nitrogens is 2. The van der Waals surface area contributed by atoms with Crippen LogP contribution in [0.5, 0.6) is 5.75 Å². The van der Waals surface area contributed by atoms with E-state index in [-0.39, 0.29) is 6.04 Å². The Labute approximate surface area is 118 Å². The molecule has 2 N–H and O–H groups in total. The standard InChI is InChI=1S/C14H18ClN3O/c1-9-14(15)10(2)18(17-9)12(8-16)11-6-4-5-7-13(11)19-3/h4-7,12H,8,16H2,1-3H3. The number of hydrogen-bond acceptors (Lipinski definition) is 3. The van der Waals surface area contributed by atoms with Gasteiger partial charge in [0.1, 0.15) is 5.75 Å². The van der Waals surface area contributed by atoms with E-state index in [0.29, 0.717) is 11.6 Å². The van der Waals surface area contributed by atoms with Gasteiger partial charge in [0.15, 0.2) is 0 Å². The van der Waals surface area contributed by atoms with Gasteiger partial charge in [-0.25, -0.2) is 0 Å². The van der Waals surface area contributed by atoms with Crippen LogP contribution in [0.25, 0.3) is 0 Å². The van der Waals surface area contributed by atoms with Gasteiger partial charge >= 0.3 is 0 Å². The quantitative estimate of drug-likeness (QED) is 0.936. The van der Waals surface area contributed by atoms with Crippen LogP contribution in [0.4, 0.5) is 0 Å². The number of hydrogen-bond donors (Lipinski definition) is 1. The Bertz CT molecular complexity index is 580. The van der Waals surface area contributed by atoms with Gasteiger partial charge in [0.25, 0.3) is 0 Å². The number of ether oxygens (including phenoxy) is 1. The van der Waals surface area contributed by atoms with Crippen molar-refractivity contribution in [1.29, 1.82) is 0 Å². The summed E-state index contributed by atoms with van der Waals surface area (Å²) in [5.41, 5.74) is 8.67. The third-order valence-corrected chi connectivity index (χ3v) is 3.80. The van der Waals surface area contributed by atoms with Crippen molar-refractivity contribution >= 4 is 11.6 Å². The fourth-order valence-corrected chi connectivity index (χ4v) is 2.37. The number of nitrogens with zero attached hydrogens (tertiary/aromatic N) is 2. The molecule has 1 heterocycles. The van der Waals surface area contributed by atoms with E-state index in [2.05, 4.69) is 5.10 Å². The molecule has 0 aliphatic heterocycles. The summed E-state index contributed by atoms with van der Waals surface area (Å²) in [5.74, 6) is 0.807. The van der Waals surface area contributed by atoms with Crippen molar-refractivity contribution < 1.29 is 4.74 Å². The first-order chi connectivity index (χ1) is 9.10. The predicted octanol–water partition coefficient (Wildman–Crippen LogP) is 2.71. The Morgan fingerprint density at radius 3 is 2.58 bits per heavy atom. The van der Waals surface area contributed by atoms with Crippen LogP contribution in [0, 0.1) is 13.8 Å². The van der Waals surface area contributed by atoms with Crippen molar-refractivity contribution in [2.75, 3.05) is 13.7 Å². The van der Waals surface area contributed by atoms with E-state index < -0.39 is 0 Å². The van der Waals surface area contributed by atoms with E-state index in [0.717, 1.165) is 22.7 Å². The van der Waals surface area contributed by atoms with Crippen LogP contribution in [-0.2, 0) is 0 Å². The van der Waals surface area contributed by atoms with Crippen molar-refractivity contribution in [2.24, 2.45) is 5.73 Å². The molecule has 19 heavy (non-hydrogen) atoms. The summed E-state index contributed by atoms with van der Waals surface area (Å²) in [5, 5.41) is 5.17. The van der Waals surface area contributed by atoms with Gasteiger partial charge in [0.05, 0.1) is 29.6 Å². The number of nitrogens with two attached hydrogens (primary N) is 1. The second-order valence-electron chi connectivity index (χ2n) is 4.42. The summed E-state index contributed by atoms with van der Waals surface area (Å²) in [6, 6.07) is 7.74. The minimum Gasteiger partial charge on any atom is -0.496 e. The maximum atomic E-state index is 6.21. The summed E-state index contributed by atoms with van der Waals surface area (Å²) >= 11 is 6.21. The third-order valence-electron chi connectivity index (χ3n) is 3.25. The lowest BCUT2D eigenvalue weighted by atomic mass is 10.1. The second-order valence-corrected chi connectivity index (χ2v) is 4.80. The number of aryl methyl sites for hydroxylation is 1. The van der Waals surface area contributed by atoms with Gasteiger partial charge in [-0.05, 0) is 19.9 Å². The molecule has 0 saturated heterocycles. The number of para-hydroxylation sites is 1. The number of halogens is 1. The molecule has 5 heteroatoms. The van der Waals surface area contributed by atoms with Crippen molar-refractivity contribution in [3.05, 3.63) is 46.2 Å². The SMILES string of the molecule is COc1ccccc1C(CN)n1nc(C)c(Cl)c1C. The maximum absolute atomic E-state index is 6.21. The molecule has 0 spiro atoms. The molecule has 0 fully saturated rings. The molecule has 0 aliphatic carbocycles. The summed E-state index contributed by atoms with van der Waals surface area (Å²) in [6.45, 7) is 4.26. The first-order valence-corrected chi connectivity index (χ1v) is 6.52. The minimum absolute atomic E-state index is 0.0812. The highest BCUT2D eigenvalue weighted by Gasteiger charge is 2.21. The second kappa shape index (κ2) is 5.63. The Kier molecular flexibility index (Phi) is 4.12. The number of rotatable bonds is 4. The fraction of sp³-hybridized carbons (Fsp3) is 0.357. The van der Waals surface area contributed by atoms with Gasteiger partial charge in [-0.3, -0.25) is 4.68 Å². The molecule has 1 atom stereocenters. The Morgan fingerprint density at radius 1 is 1.37 bits per heavy atom. The van der Waals surface area contributed by atoms with E-state index >= 15 is 0 Å². The lowest BCUT2D eigenvalue weighted by Crippen LogP contribution is -2.23. The van der Waals surface area contributed by atoms with Crippen LogP contribution in [0.3, 0.4) is 0 Å². The lowest BCUT2D eigenvalue weighted by Gasteiger charge is -2.20. The molecule has 0 saturated carbocycles. The molecule has 1 aromatic carbocycles. The summed E-state index contributed by atoms with van der Waals surface area (Å²) in [6.07, 6.45) is 0. The predicted molar refractivity (Wildman–Crippen MR) is 76.9 cm³/mol. The average Bonchev–Trinajstić information content (AvgIpc) is 2.68. The zero-order valence-corrected chi connectivity index (χ0v) is 12.1. The van der Waals surface area contributed by atoms with E-state index in [9.17, 15) is 0 Å². The average molecular weight is 280 g/mol. The topological polar surface area (TPSA) is 53.1 Å². The molecule has 2 rings (SSSR count). The monoisotopic (exact) mass is 279 g/mol. The molecule has 0 bridgehead atoms. The molecular weight excluding hydrogens is 262 g/mol. The fourth-order valence-electron chi connectivity index (χ4n) is 2.25. The van der Waals surface area contributed by atoms with Crippen molar-refractivity contribution in [3.63, 3.8) is 0 Å². The summed E-state index contributed by atoms with van der Waals surface area (Å²) in [7, 11) is 1.65. The number of methoxy groups -OCH3 is 1. The Morgan fingerprint density at radius 2 is 2.05 bits per heavy atom. The van der Waals surface area contributed by atoms with Crippen LogP contribution in [0.2, 0.25) is 5.02 Å². The minimum atomic E-state index is -0.0812. The van der Waals surface area contributed by atoms with Crippen LogP contribution in [0.15, 0.2) is 24.3 Å². The van der Waals surface area contributed by atoms with E-state index in [4.69, 9.17) is 22.1 Å². The van der Waals surface area contributed by atoms with Gasteiger partial charge in [-0.15, -0.1) is 0 Å². The van der Waals surface area contributed by atoms with Crippen LogP contribution in [-0.4, -0.2) is 23.4 Å². The van der Waals surface area contributed by atoms with Gasteiger partial charge in [0, 0.05) is 12.1 Å². The van der Waals surface area contributed by atoms with E-state index in [1.807, 2.05) is 42.8 Å². The number of benzene rings is 1. The summed E-state index contributed by atoms with van der Waals surface area (Å²) < 4.78 is 7.27. The third kappa shape index (κ3) is 2.46. The van der Waals surface area contributed by atoms with E-state index in [1.54, 1.807) is 7.11 Å². The molecular formula is C14H18ClN3O. The largest absolute Gasteiger partial charge is 0.496 e. The van der Waals surface area contributed by atoms with Gasteiger partial charge in [0.2, 0.25) is 0 Å². The Balaban J connectivity index is 2.53. The highest BCUT2D eigenvalue weighted by Crippen LogP contribution is 2.30. The first-order valence-electron chi connectivity index (χ1n) is 6.14.